The van der Waals surface area contributed by atoms with Crippen LogP contribution in [0.5, 0.6) is 0 Å². The van der Waals surface area contributed by atoms with Gasteiger partial charge in [-0.1, -0.05) is 24.3 Å². The maximum atomic E-state index is 12.6. The van der Waals surface area contributed by atoms with Crippen LogP contribution in [0.4, 0.5) is 5.69 Å². The highest BCUT2D eigenvalue weighted by Crippen LogP contribution is 2.20. The van der Waals surface area contributed by atoms with Crippen LogP contribution in [0.25, 0.3) is 6.08 Å². The molecule has 2 heterocycles. The van der Waals surface area contributed by atoms with Gasteiger partial charge >= 0.3 is 0 Å². The molecule has 5 nitrogen and oxygen atoms in total. The van der Waals surface area contributed by atoms with Gasteiger partial charge in [-0.2, -0.15) is 0 Å². The minimum Gasteiger partial charge on any atom is -0.341 e. The van der Waals surface area contributed by atoms with Gasteiger partial charge < -0.3 is 10.2 Å². The minimum atomic E-state index is -0.481. The van der Waals surface area contributed by atoms with E-state index >= 15 is 0 Å². The third-order valence-electron chi connectivity index (χ3n) is 3.93. The van der Waals surface area contributed by atoms with Gasteiger partial charge in [-0.05, 0) is 42.7 Å². The smallest absolute Gasteiger partial charge is 0.249 e. The quantitative estimate of drug-likeness (QED) is 0.880. The first-order valence-electron chi connectivity index (χ1n) is 7.99. The molecule has 0 radical (unpaired) electrons. The first-order valence-corrected chi connectivity index (χ1v) is 7.99. The molecule has 0 aliphatic carbocycles. The number of hydrogen-bond donors (Lipinski definition) is 1. The second kappa shape index (κ2) is 7.55. The fourth-order valence-electron chi connectivity index (χ4n) is 2.74. The van der Waals surface area contributed by atoms with Gasteiger partial charge in [-0.15, -0.1) is 0 Å². The summed E-state index contributed by atoms with van der Waals surface area (Å²) in [7, 11) is 0. The summed E-state index contributed by atoms with van der Waals surface area (Å²) in [6.45, 7) is 0.681. The fourth-order valence-corrected chi connectivity index (χ4v) is 2.74. The van der Waals surface area contributed by atoms with Crippen LogP contribution in [-0.2, 0) is 9.59 Å². The number of anilines is 1. The minimum absolute atomic E-state index is 0.0597. The van der Waals surface area contributed by atoms with Crippen molar-refractivity contribution in [1.82, 2.24) is 10.3 Å². The highest BCUT2D eigenvalue weighted by Gasteiger charge is 2.30. The molecule has 1 N–H and O–H groups in total. The highest BCUT2D eigenvalue weighted by atomic mass is 16.2. The number of nitrogens with zero attached hydrogens (tertiary/aromatic N) is 2. The van der Waals surface area contributed by atoms with Crippen molar-refractivity contribution in [2.24, 2.45) is 0 Å². The van der Waals surface area contributed by atoms with E-state index in [4.69, 9.17) is 0 Å². The number of carbonyl (C=O) groups is 2. The van der Waals surface area contributed by atoms with Crippen LogP contribution < -0.4 is 10.2 Å². The van der Waals surface area contributed by atoms with Crippen molar-refractivity contribution in [2.75, 3.05) is 11.4 Å². The number of piperidine rings is 1. The third-order valence-corrected chi connectivity index (χ3v) is 3.93. The van der Waals surface area contributed by atoms with Gasteiger partial charge in [-0.25, -0.2) is 0 Å². The predicted molar refractivity (Wildman–Crippen MR) is 93.2 cm³/mol. The number of amides is 2. The fraction of sp³-hybridized carbons (Fsp3) is 0.211. The molecule has 5 heteroatoms. The van der Waals surface area contributed by atoms with Gasteiger partial charge in [0.25, 0.3) is 0 Å². The Bertz CT molecular complexity index is 729. The van der Waals surface area contributed by atoms with Crippen LogP contribution in [0.15, 0.2) is 60.9 Å². The molecule has 1 aromatic heterocycles. The lowest BCUT2D eigenvalue weighted by atomic mass is 10.0. The Morgan fingerprint density at radius 1 is 1.21 bits per heavy atom. The number of benzene rings is 1. The Morgan fingerprint density at radius 3 is 2.79 bits per heavy atom. The zero-order valence-corrected chi connectivity index (χ0v) is 13.3. The summed E-state index contributed by atoms with van der Waals surface area (Å²) in [4.78, 5) is 30.4. The molecule has 1 aliphatic rings. The standard InChI is InChI=1S/C19H19N3O2/c23-18(11-10-15-6-4-12-20-14-15)21-17-9-5-13-22(19(17)24)16-7-2-1-3-8-16/h1-4,6-8,10-12,14,17H,5,9,13H2,(H,21,23)/b11-10+/t17-/m0/s1. The molecule has 2 aromatic rings. The number of carbonyl (C=O) groups excluding carboxylic acids is 2. The van der Waals surface area contributed by atoms with Crippen molar-refractivity contribution in [2.45, 2.75) is 18.9 Å². The number of pyridine rings is 1. The Morgan fingerprint density at radius 2 is 2.04 bits per heavy atom. The number of aromatic nitrogens is 1. The highest BCUT2D eigenvalue weighted by molar-refractivity contribution is 6.01. The van der Waals surface area contributed by atoms with Crippen LogP contribution in [0, 0.1) is 0 Å². The van der Waals surface area contributed by atoms with Crippen LogP contribution >= 0.6 is 0 Å². The zero-order chi connectivity index (χ0) is 16.8. The van der Waals surface area contributed by atoms with Gasteiger partial charge in [0.05, 0.1) is 0 Å². The largest absolute Gasteiger partial charge is 0.341 e. The zero-order valence-electron chi connectivity index (χ0n) is 13.3. The average molecular weight is 321 g/mol. The van der Waals surface area contributed by atoms with E-state index in [1.807, 2.05) is 36.4 Å². The second-order valence-electron chi connectivity index (χ2n) is 5.65. The Labute approximate surface area is 141 Å². The van der Waals surface area contributed by atoms with Gasteiger partial charge in [0.2, 0.25) is 11.8 Å². The molecule has 2 amide bonds. The molecule has 1 saturated heterocycles. The SMILES string of the molecule is O=C(/C=C/c1cccnc1)N[C@H]1CCCN(c2ccccc2)C1=O. The number of nitrogens with one attached hydrogen (secondary N) is 1. The summed E-state index contributed by atoms with van der Waals surface area (Å²) < 4.78 is 0. The van der Waals surface area contributed by atoms with E-state index in [2.05, 4.69) is 10.3 Å². The first kappa shape index (κ1) is 15.9. The van der Waals surface area contributed by atoms with Crippen LogP contribution in [0.3, 0.4) is 0 Å². The summed E-state index contributed by atoms with van der Waals surface area (Å²) in [6, 6.07) is 12.7. The van der Waals surface area contributed by atoms with Crippen molar-refractivity contribution < 1.29 is 9.59 Å². The molecular formula is C19H19N3O2. The number of para-hydroxylation sites is 1. The average Bonchev–Trinajstić information content (AvgIpc) is 2.63. The predicted octanol–water partition coefficient (Wildman–Crippen LogP) is 2.41. The summed E-state index contributed by atoms with van der Waals surface area (Å²) in [5.74, 6) is -0.331. The Hall–Kier alpha value is -2.95. The van der Waals surface area contributed by atoms with E-state index in [9.17, 15) is 9.59 Å². The molecular weight excluding hydrogens is 302 g/mol. The van der Waals surface area contributed by atoms with E-state index in [0.29, 0.717) is 13.0 Å². The molecule has 0 bridgehead atoms. The summed E-state index contributed by atoms with van der Waals surface area (Å²) in [5, 5.41) is 2.80. The van der Waals surface area contributed by atoms with Crippen LogP contribution in [-0.4, -0.2) is 29.4 Å². The lowest BCUT2D eigenvalue weighted by Crippen LogP contribution is -2.52. The summed E-state index contributed by atoms with van der Waals surface area (Å²) >= 11 is 0. The molecule has 24 heavy (non-hydrogen) atoms. The van der Waals surface area contributed by atoms with Crippen LogP contribution in [0.2, 0.25) is 0 Å². The number of hydrogen-bond acceptors (Lipinski definition) is 3. The van der Waals surface area contributed by atoms with Crippen molar-refractivity contribution in [3.8, 4) is 0 Å². The Balaban J connectivity index is 1.63. The van der Waals surface area contributed by atoms with Gasteiger partial charge in [-0.3, -0.25) is 14.6 Å². The summed E-state index contributed by atoms with van der Waals surface area (Å²) in [5.41, 5.74) is 1.71. The molecule has 0 saturated carbocycles. The Kier molecular flexibility index (Phi) is 5.01. The molecule has 1 aliphatic heterocycles. The van der Waals surface area contributed by atoms with Gasteiger partial charge in [0.15, 0.2) is 0 Å². The van der Waals surface area contributed by atoms with E-state index in [1.54, 1.807) is 29.4 Å². The maximum absolute atomic E-state index is 12.6. The molecule has 1 fully saturated rings. The first-order chi connectivity index (χ1) is 11.7. The molecule has 1 aromatic carbocycles. The molecule has 0 spiro atoms. The van der Waals surface area contributed by atoms with E-state index in [-0.39, 0.29) is 11.8 Å². The maximum Gasteiger partial charge on any atom is 0.249 e. The van der Waals surface area contributed by atoms with Crippen molar-refractivity contribution >= 4 is 23.6 Å². The molecule has 1 atom stereocenters. The summed E-state index contributed by atoms with van der Waals surface area (Å²) in [6.07, 6.45) is 7.99. The van der Waals surface area contributed by atoms with Crippen LogP contribution in [0.1, 0.15) is 18.4 Å². The number of rotatable bonds is 4. The normalized spacial score (nSPS) is 17.9. The monoisotopic (exact) mass is 321 g/mol. The van der Waals surface area contributed by atoms with Gasteiger partial charge in [0, 0.05) is 30.7 Å². The second-order valence-corrected chi connectivity index (χ2v) is 5.65. The molecule has 122 valence electrons. The lowest BCUT2D eigenvalue weighted by Gasteiger charge is -2.32. The molecule has 0 unspecified atom stereocenters. The topological polar surface area (TPSA) is 62.3 Å². The lowest BCUT2D eigenvalue weighted by molar-refractivity contribution is -0.126. The third kappa shape index (κ3) is 3.87. The van der Waals surface area contributed by atoms with Gasteiger partial charge in [0.1, 0.15) is 6.04 Å². The molecule has 3 rings (SSSR count). The van der Waals surface area contributed by atoms with Crippen molar-refractivity contribution in [1.29, 1.82) is 0 Å². The van der Waals surface area contributed by atoms with E-state index < -0.39 is 6.04 Å². The van der Waals surface area contributed by atoms with E-state index in [0.717, 1.165) is 17.7 Å². The van der Waals surface area contributed by atoms with Crippen molar-refractivity contribution in [3.63, 3.8) is 0 Å². The van der Waals surface area contributed by atoms with Crippen molar-refractivity contribution in [3.05, 3.63) is 66.5 Å². The van der Waals surface area contributed by atoms with E-state index in [1.165, 1.54) is 6.08 Å².